The summed E-state index contributed by atoms with van der Waals surface area (Å²) in [6.45, 7) is 5.02. The number of hydrogen-bond donors (Lipinski definition) is 1. The van der Waals surface area contributed by atoms with E-state index in [0.717, 1.165) is 30.6 Å². The highest BCUT2D eigenvalue weighted by atomic mass is 16.5. The molecule has 0 radical (unpaired) electrons. The number of nitrogens with zero attached hydrogens (tertiary/aromatic N) is 2. The van der Waals surface area contributed by atoms with Gasteiger partial charge in [0.15, 0.2) is 0 Å². The van der Waals surface area contributed by atoms with Gasteiger partial charge in [0.2, 0.25) is 0 Å². The lowest BCUT2D eigenvalue weighted by Gasteiger charge is -2.32. The van der Waals surface area contributed by atoms with Crippen molar-refractivity contribution in [2.24, 2.45) is 0 Å². The van der Waals surface area contributed by atoms with Crippen LogP contribution in [0.4, 0.5) is 4.79 Å². The van der Waals surface area contributed by atoms with Gasteiger partial charge in [-0.05, 0) is 50.8 Å². The van der Waals surface area contributed by atoms with E-state index < -0.39 is 5.41 Å². The number of rotatable bonds is 4. The van der Waals surface area contributed by atoms with E-state index >= 15 is 0 Å². The smallest absolute Gasteiger partial charge is 0.336 e. The number of hydrogen-bond acceptors (Lipinski definition) is 3. The molecular formula is C18H25N3O3. The maximum atomic E-state index is 13.2. The number of hydrazine groups is 1. The molecule has 1 aromatic rings. The number of carbonyl (C=O) groups is 2. The second-order valence-electron chi connectivity index (χ2n) is 6.82. The summed E-state index contributed by atoms with van der Waals surface area (Å²) < 4.78 is 5.19. The number of amides is 3. The van der Waals surface area contributed by atoms with Crippen molar-refractivity contribution in [1.29, 1.82) is 0 Å². The maximum Gasteiger partial charge on any atom is 0.336 e. The van der Waals surface area contributed by atoms with Gasteiger partial charge < -0.3 is 10.1 Å². The minimum absolute atomic E-state index is 0.0315. The highest BCUT2D eigenvalue weighted by Crippen LogP contribution is 2.50. The molecule has 6 heteroatoms. The predicted octanol–water partition coefficient (Wildman–Crippen LogP) is 2.29. The Bertz CT molecular complexity index is 623. The molecule has 130 valence electrons. The highest BCUT2D eigenvalue weighted by Gasteiger charge is 2.55. The van der Waals surface area contributed by atoms with Gasteiger partial charge in [-0.25, -0.2) is 14.8 Å². The summed E-state index contributed by atoms with van der Waals surface area (Å²) >= 11 is 0. The molecule has 1 N–H and O–H groups in total. The minimum Gasteiger partial charge on any atom is -0.497 e. The van der Waals surface area contributed by atoms with Gasteiger partial charge >= 0.3 is 6.03 Å². The average Bonchev–Trinajstić information content (AvgIpc) is 3.23. The number of carbonyl (C=O) groups excluding carboxylic acids is 2. The molecule has 2 aliphatic rings. The van der Waals surface area contributed by atoms with Gasteiger partial charge in [-0.15, -0.1) is 0 Å². The summed E-state index contributed by atoms with van der Waals surface area (Å²) in [6, 6.07) is 7.54. The van der Waals surface area contributed by atoms with Crippen LogP contribution in [0.1, 0.15) is 38.7 Å². The summed E-state index contributed by atoms with van der Waals surface area (Å²) in [4.78, 5) is 25.5. The molecule has 0 aromatic heterocycles. The number of methoxy groups -OCH3 is 1. The predicted molar refractivity (Wildman–Crippen MR) is 90.6 cm³/mol. The van der Waals surface area contributed by atoms with Gasteiger partial charge in [-0.3, -0.25) is 4.79 Å². The molecule has 1 heterocycles. The lowest BCUT2D eigenvalue weighted by molar-refractivity contribution is -0.143. The SMILES string of the molecule is COc1ccc(C2(C(=O)N3CCCN3C(=O)NC(C)C)CC2)cc1. The normalized spacial score (nSPS) is 18.7. The molecule has 3 amide bonds. The van der Waals surface area contributed by atoms with Crippen molar-refractivity contribution in [2.45, 2.75) is 44.6 Å². The third-order valence-corrected chi connectivity index (χ3v) is 4.71. The Balaban J connectivity index is 1.78. The Morgan fingerprint density at radius 1 is 1.12 bits per heavy atom. The van der Waals surface area contributed by atoms with E-state index in [9.17, 15) is 9.59 Å². The van der Waals surface area contributed by atoms with Crippen molar-refractivity contribution in [1.82, 2.24) is 15.3 Å². The van der Waals surface area contributed by atoms with E-state index in [2.05, 4.69) is 5.32 Å². The van der Waals surface area contributed by atoms with Crippen LogP contribution in [0.25, 0.3) is 0 Å². The number of nitrogens with one attached hydrogen (secondary N) is 1. The van der Waals surface area contributed by atoms with Crippen molar-refractivity contribution in [3.63, 3.8) is 0 Å². The van der Waals surface area contributed by atoms with E-state index in [1.807, 2.05) is 38.1 Å². The second kappa shape index (κ2) is 6.34. The van der Waals surface area contributed by atoms with Crippen LogP contribution < -0.4 is 10.1 Å². The summed E-state index contributed by atoms with van der Waals surface area (Å²) in [5, 5.41) is 6.07. The van der Waals surface area contributed by atoms with Crippen molar-refractivity contribution in [3.8, 4) is 5.75 Å². The molecular weight excluding hydrogens is 306 g/mol. The fourth-order valence-electron chi connectivity index (χ4n) is 3.26. The topological polar surface area (TPSA) is 61.9 Å². The zero-order chi connectivity index (χ0) is 17.3. The fourth-order valence-corrected chi connectivity index (χ4v) is 3.26. The van der Waals surface area contributed by atoms with Gasteiger partial charge in [0.25, 0.3) is 5.91 Å². The molecule has 0 bridgehead atoms. The lowest BCUT2D eigenvalue weighted by Crippen LogP contribution is -2.53. The first-order valence-electron chi connectivity index (χ1n) is 8.52. The number of ether oxygens (including phenoxy) is 1. The first-order chi connectivity index (χ1) is 11.5. The maximum absolute atomic E-state index is 13.2. The molecule has 3 rings (SSSR count). The second-order valence-corrected chi connectivity index (χ2v) is 6.82. The first kappa shape index (κ1) is 16.6. The van der Waals surface area contributed by atoms with Gasteiger partial charge in [-0.2, -0.15) is 0 Å². The third-order valence-electron chi connectivity index (χ3n) is 4.71. The molecule has 6 nitrogen and oxygen atoms in total. The number of benzene rings is 1. The zero-order valence-electron chi connectivity index (χ0n) is 14.5. The first-order valence-corrected chi connectivity index (χ1v) is 8.52. The van der Waals surface area contributed by atoms with Crippen LogP contribution in [0.3, 0.4) is 0 Å². The summed E-state index contributed by atoms with van der Waals surface area (Å²) in [6.07, 6.45) is 2.47. The average molecular weight is 331 g/mol. The zero-order valence-corrected chi connectivity index (χ0v) is 14.5. The summed E-state index contributed by atoms with van der Waals surface area (Å²) in [7, 11) is 1.63. The van der Waals surface area contributed by atoms with Crippen molar-refractivity contribution in [2.75, 3.05) is 20.2 Å². The molecule has 0 spiro atoms. The van der Waals surface area contributed by atoms with E-state index in [-0.39, 0.29) is 18.0 Å². The van der Waals surface area contributed by atoms with E-state index in [1.165, 1.54) is 0 Å². The Hall–Kier alpha value is -2.24. The van der Waals surface area contributed by atoms with Crippen molar-refractivity contribution < 1.29 is 14.3 Å². The fraction of sp³-hybridized carbons (Fsp3) is 0.556. The summed E-state index contributed by atoms with van der Waals surface area (Å²) in [5.41, 5.74) is 0.525. The van der Waals surface area contributed by atoms with E-state index in [1.54, 1.807) is 17.1 Å². The quantitative estimate of drug-likeness (QED) is 0.921. The molecule has 1 aliphatic heterocycles. The summed E-state index contributed by atoms with van der Waals surface area (Å²) in [5.74, 6) is 0.810. The Labute approximate surface area is 142 Å². The van der Waals surface area contributed by atoms with Gasteiger partial charge in [0.1, 0.15) is 5.75 Å². The molecule has 1 saturated carbocycles. The van der Waals surface area contributed by atoms with Gasteiger partial charge in [0, 0.05) is 19.1 Å². The lowest BCUT2D eigenvalue weighted by atomic mass is 9.94. The molecule has 2 fully saturated rings. The molecule has 1 aliphatic carbocycles. The number of urea groups is 1. The van der Waals surface area contributed by atoms with Crippen LogP contribution in [0.15, 0.2) is 24.3 Å². The highest BCUT2D eigenvalue weighted by molar-refractivity contribution is 5.93. The van der Waals surface area contributed by atoms with Crippen LogP contribution in [0, 0.1) is 0 Å². The third kappa shape index (κ3) is 2.92. The largest absolute Gasteiger partial charge is 0.497 e. The Morgan fingerprint density at radius 2 is 1.75 bits per heavy atom. The molecule has 1 saturated heterocycles. The van der Waals surface area contributed by atoms with Crippen molar-refractivity contribution in [3.05, 3.63) is 29.8 Å². The van der Waals surface area contributed by atoms with Crippen LogP contribution in [-0.2, 0) is 10.2 Å². The van der Waals surface area contributed by atoms with Crippen LogP contribution in [-0.4, -0.2) is 48.2 Å². The molecule has 0 atom stereocenters. The molecule has 0 unspecified atom stereocenters. The Morgan fingerprint density at radius 3 is 2.29 bits per heavy atom. The van der Waals surface area contributed by atoms with E-state index in [4.69, 9.17) is 4.74 Å². The van der Waals surface area contributed by atoms with Gasteiger partial charge in [-0.1, -0.05) is 12.1 Å². The van der Waals surface area contributed by atoms with Crippen molar-refractivity contribution >= 4 is 11.9 Å². The van der Waals surface area contributed by atoms with E-state index in [0.29, 0.717) is 13.1 Å². The van der Waals surface area contributed by atoms with Gasteiger partial charge in [0.05, 0.1) is 12.5 Å². The molecule has 24 heavy (non-hydrogen) atoms. The molecule has 1 aromatic carbocycles. The Kier molecular flexibility index (Phi) is 4.39. The standard InChI is InChI=1S/C18H25N3O3/c1-13(2)19-17(23)21-12-4-11-20(21)16(22)18(9-10-18)14-5-7-15(24-3)8-6-14/h5-8,13H,4,9-12H2,1-3H3,(H,19,23). The van der Waals surface area contributed by atoms with Crippen LogP contribution in [0.5, 0.6) is 5.75 Å². The monoisotopic (exact) mass is 331 g/mol. The van der Waals surface area contributed by atoms with Crippen LogP contribution >= 0.6 is 0 Å². The van der Waals surface area contributed by atoms with Crippen LogP contribution in [0.2, 0.25) is 0 Å². The minimum atomic E-state index is -0.479.